The van der Waals surface area contributed by atoms with Gasteiger partial charge in [-0.15, -0.1) is 0 Å². The van der Waals surface area contributed by atoms with Crippen molar-refractivity contribution in [2.75, 3.05) is 39.4 Å². The summed E-state index contributed by atoms with van der Waals surface area (Å²) in [6, 6.07) is 8.76. The Morgan fingerprint density at radius 3 is 2.52 bits per heavy atom. The number of morpholine rings is 1. The average molecular weight is 447 g/mol. The van der Waals surface area contributed by atoms with Crippen LogP contribution in [0, 0.1) is 0 Å². The molecule has 0 N–H and O–H groups in total. The molecule has 0 aliphatic carbocycles. The van der Waals surface area contributed by atoms with E-state index < -0.39 is 0 Å². The molecule has 33 heavy (non-hydrogen) atoms. The number of likely N-dealkylation sites (tertiary alicyclic amines) is 1. The van der Waals surface area contributed by atoms with Gasteiger partial charge in [-0.05, 0) is 42.8 Å². The second-order valence-electron chi connectivity index (χ2n) is 8.23. The minimum atomic E-state index is -0.192. The third-order valence-corrected chi connectivity index (χ3v) is 6.36. The van der Waals surface area contributed by atoms with Crippen molar-refractivity contribution in [3.8, 4) is 5.69 Å². The molecule has 0 saturated carbocycles. The van der Waals surface area contributed by atoms with Crippen molar-refractivity contribution < 1.29 is 14.3 Å². The molecule has 0 bridgehead atoms. The Labute approximate surface area is 190 Å². The number of amides is 2. The van der Waals surface area contributed by atoms with Gasteiger partial charge in [0.2, 0.25) is 5.91 Å². The maximum atomic E-state index is 13.6. The number of pyridine rings is 1. The van der Waals surface area contributed by atoms with E-state index in [0.717, 1.165) is 5.52 Å². The lowest BCUT2D eigenvalue weighted by atomic mass is 10.1. The van der Waals surface area contributed by atoms with E-state index in [9.17, 15) is 14.4 Å². The molecule has 0 spiro atoms. The van der Waals surface area contributed by atoms with E-state index in [1.54, 1.807) is 55.6 Å². The number of nitrogens with zero attached hydrogens (tertiary/aromatic N) is 5. The van der Waals surface area contributed by atoms with Crippen LogP contribution in [0.15, 0.2) is 60.2 Å². The summed E-state index contributed by atoms with van der Waals surface area (Å²) in [7, 11) is 0. The zero-order valence-electron chi connectivity index (χ0n) is 18.2. The number of benzene rings is 1. The monoisotopic (exact) mass is 447 g/mol. The minimum absolute atomic E-state index is 0.0424. The van der Waals surface area contributed by atoms with Gasteiger partial charge in [-0.25, -0.2) is 4.79 Å². The zero-order chi connectivity index (χ0) is 22.9. The van der Waals surface area contributed by atoms with Crippen molar-refractivity contribution >= 4 is 22.8 Å². The fraction of sp³-hybridized carbons (Fsp3) is 0.333. The summed E-state index contributed by atoms with van der Waals surface area (Å²) in [4.78, 5) is 46.1. The first-order chi connectivity index (χ1) is 16.1. The molecule has 1 unspecified atom stereocenters. The van der Waals surface area contributed by atoms with E-state index in [-0.39, 0.29) is 23.5 Å². The van der Waals surface area contributed by atoms with E-state index in [2.05, 4.69) is 11.6 Å². The van der Waals surface area contributed by atoms with Crippen LogP contribution in [0.1, 0.15) is 22.8 Å². The lowest BCUT2D eigenvalue weighted by Crippen LogP contribution is -2.40. The van der Waals surface area contributed by atoms with Gasteiger partial charge in [-0.3, -0.25) is 23.7 Å². The molecule has 9 nitrogen and oxygen atoms in total. The Balaban J connectivity index is 1.50. The quantitative estimate of drug-likeness (QED) is 0.567. The minimum Gasteiger partial charge on any atom is -0.378 e. The second kappa shape index (κ2) is 8.67. The van der Waals surface area contributed by atoms with Gasteiger partial charge in [-0.1, -0.05) is 6.58 Å². The largest absolute Gasteiger partial charge is 0.378 e. The van der Waals surface area contributed by atoms with Gasteiger partial charge in [0.25, 0.3) is 5.91 Å². The summed E-state index contributed by atoms with van der Waals surface area (Å²) < 4.78 is 8.69. The van der Waals surface area contributed by atoms with Crippen molar-refractivity contribution in [1.29, 1.82) is 0 Å². The number of aromatic nitrogens is 3. The number of carbonyl (C=O) groups excluding carboxylic acids is 2. The molecular weight excluding hydrogens is 422 g/mol. The third-order valence-electron chi connectivity index (χ3n) is 6.36. The van der Waals surface area contributed by atoms with Crippen LogP contribution in [0.5, 0.6) is 0 Å². The number of rotatable bonds is 4. The van der Waals surface area contributed by atoms with E-state index in [0.29, 0.717) is 62.6 Å². The number of hydrogen-bond donors (Lipinski definition) is 0. The van der Waals surface area contributed by atoms with E-state index in [1.807, 2.05) is 6.07 Å². The Hall–Kier alpha value is -3.72. The van der Waals surface area contributed by atoms with Crippen LogP contribution >= 0.6 is 0 Å². The topological polar surface area (TPSA) is 89.7 Å². The summed E-state index contributed by atoms with van der Waals surface area (Å²) in [5.74, 6) is -0.171. The van der Waals surface area contributed by atoms with Crippen LogP contribution in [0.3, 0.4) is 0 Å². The van der Waals surface area contributed by atoms with Crippen LogP contribution in [0.2, 0.25) is 0 Å². The van der Waals surface area contributed by atoms with Crippen LogP contribution in [0.4, 0.5) is 0 Å². The second-order valence-corrected chi connectivity index (χ2v) is 8.23. The van der Waals surface area contributed by atoms with Crippen LogP contribution in [0.25, 0.3) is 16.7 Å². The molecule has 0 radical (unpaired) electrons. The van der Waals surface area contributed by atoms with E-state index >= 15 is 0 Å². The van der Waals surface area contributed by atoms with Gasteiger partial charge < -0.3 is 14.5 Å². The summed E-state index contributed by atoms with van der Waals surface area (Å²) in [5, 5.41) is 0. The molecule has 170 valence electrons. The average Bonchev–Trinajstić information content (AvgIpc) is 3.46. The lowest BCUT2D eigenvalue weighted by molar-refractivity contribution is -0.125. The highest BCUT2D eigenvalue weighted by molar-refractivity contribution is 5.94. The van der Waals surface area contributed by atoms with Crippen molar-refractivity contribution in [2.45, 2.75) is 12.5 Å². The number of ether oxygens (including phenoxy) is 1. The fourth-order valence-electron chi connectivity index (χ4n) is 4.65. The Morgan fingerprint density at radius 2 is 1.79 bits per heavy atom. The molecule has 2 aliphatic rings. The molecule has 1 atom stereocenters. The van der Waals surface area contributed by atoms with E-state index in [1.165, 1.54) is 6.08 Å². The maximum absolute atomic E-state index is 13.6. The third kappa shape index (κ3) is 3.74. The Morgan fingerprint density at radius 1 is 1.03 bits per heavy atom. The number of fused-ring (bicyclic) bond motifs is 1. The maximum Gasteiger partial charge on any atom is 0.334 e. The van der Waals surface area contributed by atoms with Crippen LogP contribution < -0.4 is 5.69 Å². The molecule has 2 saturated heterocycles. The van der Waals surface area contributed by atoms with E-state index in [4.69, 9.17) is 4.74 Å². The number of imidazole rings is 1. The standard InChI is InChI=1S/C24H25N5O4/c1-2-22(30)27-10-8-19(16-27)29-20-7-9-25-15-21(20)28(24(29)32)18-5-3-17(4-6-18)23(31)26-11-13-33-14-12-26/h2-7,9,15,19H,1,8,10-14,16H2. The SMILES string of the molecule is C=CC(=O)N1CCC(n2c(=O)n(-c3ccc(C(=O)N4CCOCC4)cc3)c3cnccc32)C1. The molecule has 1 aromatic carbocycles. The molecule has 2 aromatic heterocycles. The fourth-order valence-corrected chi connectivity index (χ4v) is 4.65. The first-order valence-corrected chi connectivity index (χ1v) is 11.0. The highest BCUT2D eigenvalue weighted by Crippen LogP contribution is 2.26. The summed E-state index contributed by atoms with van der Waals surface area (Å²) in [6.07, 6.45) is 5.32. The van der Waals surface area contributed by atoms with Crippen molar-refractivity contribution in [1.82, 2.24) is 23.9 Å². The van der Waals surface area contributed by atoms with Crippen molar-refractivity contribution in [3.63, 3.8) is 0 Å². The van der Waals surface area contributed by atoms with Crippen molar-refractivity contribution in [2.24, 2.45) is 0 Å². The molecular formula is C24H25N5O4. The summed E-state index contributed by atoms with van der Waals surface area (Å²) in [6.45, 7) is 6.84. The Bertz CT molecular complexity index is 1270. The van der Waals surface area contributed by atoms with Gasteiger partial charge in [0.15, 0.2) is 0 Å². The first-order valence-electron chi connectivity index (χ1n) is 11.0. The molecule has 2 fully saturated rings. The lowest BCUT2D eigenvalue weighted by Gasteiger charge is -2.26. The van der Waals surface area contributed by atoms with Gasteiger partial charge >= 0.3 is 5.69 Å². The molecule has 3 aromatic rings. The smallest absolute Gasteiger partial charge is 0.334 e. The van der Waals surface area contributed by atoms with Gasteiger partial charge in [0.1, 0.15) is 0 Å². The number of carbonyl (C=O) groups is 2. The summed E-state index contributed by atoms with van der Waals surface area (Å²) >= 11 is 0. The molecule has 5 rings (SSSR count). The molecule has 4 heterocycles. The normalized spacial score (nSPS) is 18.6. The van der Waals surface area contributed by atoms with Crippen LogP contribution in [-0.4, -0.2) is 75.1 Å². The molecule has 2 aliphatic heterocycles. The van der Waals surface area contributed by atoms with Gasteiger partial charge in [0, 0.05) is 37.9 Å². The van der Waals surface area contributed by atoms with Gasteiger partial charge in [-0.2, -0.15) is 0 Å². The summed E-state index contributed by atoms with van der Waals surface area (Å²) in [5.41, 5.74) is 2.49. The first kappa shape index (κ1) is 21.1. The Kier molecular flexibility index (Phi) is 5.55. The van der Waals surface area contributed by atoms with Gasteiger partial charge in [0.05, 0.1) is 42.2 Å². The zero-order valence-corrected chi connectivity index (χ0v) is 18.2. The van der Waals surface area contributed by atoms with Crippen molar-refractivity contribution in [3.05, 3.63) is 71.4 Å². The number of hydrogen-bond acceptors (Lipinski definition) is 5. The molecule has 2 amide bonds. The van der Waals surface area contributed by atoms with Crippen LogP contribution in [-0.2, 0) is 9.53 Å². The highest BCUT2D eigenvalue weighted by Gasteiger charge is 2.30. The highest BCUT2D eigenvalue weighted by atomic mass is 16.5. The predicted molar refractivity (Wildman–Crippen MR) is 122 cm³/mol. The predicted octanol–water partition coefficient (Wildman–Crippen LogP) is 1.62. The molecule has 9 heteroatoms.